The van der Waals surface area contributed by atoms with Gasteiger partial charge in [0.15, 0.2) is 0 Å². The molecule has 1 rings (SSSR count). The fourth-order valence-corrected chi connectivity index (χ4v) is 1.93. The number of rotatable bonds is 1. The van der Waals surface area contributed by atoms with E-state index in [4.69, 9.17) is 11.6 Å². The van der Waals surface area contributed by atoms with Crippen molar-refractivity contribution in [3.63, 3.8) is 0 Å². The lowest BCUT2D eigenvalue weighted by Crippen LogP contribution is -2.23. The molecule has 0 amide bonds. The summed E-state index contributed by atoms with van der Waals surface area (Å²) < 4.78 is 57.8. The van der Waals surface area contributed by atoms with Crippen molar-refractivity contribution in [3.05, 3.63) is 23.5 Å². The van der Waals surface area contributed by atoms with Crippen molar-refractivity contribution in [1.82, 2.24) is 4.98 Å². The predicted octanol–water partition coefficient (Wildman–Crippen LogP) is 2.03. The van der Waals surface area contributed by atoms with E-state index in [9.17, 15) is 21.6 Å². The number of hydrogen-bond acceptors (Lipinski definition) is 3. The van der Waals surface area contributed by atoms with E-state index in [0.717, 1.165) is 12.4 Å². The Morgan fingerprint density at radius 2 is 1.93 bits per heavy atom. The third-order valence-electron chi connectivity index (χ3n) is 1.33. The van der Waals surface area contributed by atoms with Gasteiger partial charge >= 0.3 is 5.51 Å². The maximum Gasteiger partial charge on any atom is 0.501 e. The van der Waals surface area contributed by atoms with Crippen LogP contribution in [0.2, 0.25) is 5.02 Å². The molecule has 8 heteroatoms. The van der Waals surface area contributed by atoms with Gasteiger partial charge in [-0.05, 0) is 6.07 Å². The van der Waals surface area contributed by atoms with Gasteiger partial charge in [-0.25, -0.2) is 8.42 Å². The van der Waals surface area contributed by atoms with Crippen molar-refractivity contribution in [2.75, 3.05) is 0 Å². The van der Waals surface area contributed by atoms with Gasteiger partial charge in [0.1, 0.15) is 0 Å². The number of halogens is 4. The molecule has 0 atom stereocenters. The van der Waals surface area contributed by atoms with E-state index in [1.165, 1.54) is 0 Å². The highest BCUT2D eigenvalue weighted by molar-refractivity contribution is 7.92. The summed E-state index contributed by atoms with van der Waals surface area (Å²) in [6.45, 7) is 0. The fourth-order valence-electron chi connectivity index (χ4n) is 0.705. The molecule has 1 aromatic rings. The summed E-state index contributed by atoms with van der Waals surface area (Å²) in [6, 6.07) is 0.700. The summed E-state index contributed by atoms with van der Waals surface area (Å²) >= 11 is 5.27. The molecule has 0 saturated carbocycles. The first-order valence-electron chi connectivity index (χ1n) is 3.17. The van der Waals surface area contributed by atoms with Crippen LogP contribution in [0.15, 0.2) is 23.4 Å². The lowest BCUT2D eigenvalue weighted by molar-refractivity contribution is -0.0436. The Bertz CT molecular complexity index is 443. The van der Waals surface area contributed by atoms with Crippen LogP contribution in [0.4, 0.5) is 13.2 Å². The molecular formula is C6H3ClF3NO2S. The Balaban J connectivity index is 3.40. The van der Waals surface area contributed by atoms with E-state index >= 15 is 0 Å². The minimum Gasteiger partial charge on any atom is -0.263 e. The minimum atomic E-state index is -5.38. The first-order valence-corrected chi connectivity index (χ1v) is 5.04. The van der Waals surface area contributed by atoms with E-state index in [1.807, 2.05) is 0 Å². The molecule has 0 fully saturated rings. The average Bonchev–Trinajstić information content (AvgIpc) is 2.02. The van der Waals surface area contributed by atoms with Crippen molar-refractivity contribution < 1.29 is 21.6 Å². The fraction of sp³-hybridized carbons (Fsp3) is 0.167. The number of hydrogen-bond donors (Lipinski definition) is 0. The van der Waals surface area contributed by atoms with Gasteiger partial charge in [-0.3, -0.25) is 4.98 Å². The zero-order valence-electron chi connectivity index (χ0n) is 6.42. The number of nitrogens with zero attached hydrogens (tertiary/aromatic N) is 1. The largest absolute Gasteiger partial charge is 0.501 e. The third kappa shape index (κ3) is 1.83. The first kappa shape index (κ1) is 11.3. The lowest BCUT2D eigenvalue weighted by Gasteiger charge is -2.08. The van der Waals surface area contributed by atoms with Crippen LogP contribution in [-0.4, -0.2) is 18.9 Å². The summed E-state index contributed by atoms with van der Waals surface area (Å²) in [4.78, 5) is 2.39. The summed E-state index contributed by atoms with van der Waals surface area (Å²) in [5, 5.41) is -0.551. The Hall–Kier alpha value is -0.820. The van der Waals surface area contributed by atoms with E-state index in [2.05, 4.69) is 4.98 Å². The van der Waals surface area contributed by atoms with Crippen LogP contribution in [0, 0.1) is 0 Å². The zero-order valence-corrected chi connectivity index (χ0v) is 7.99. The molecular weight excluding hydrogens is 243 g/mol. The molecule has 0 aliphatic carbocycles. The summed E-state index contributed by atoms with van der Waals surface area (Å²) in [6.07, 6.45) is 1.75. The summed E-state index contributed by atoms with van der Waals surface area (Å²) in [5.74, 6) is 0. The van der Waals surface area contributed by atoms with Crippen molar-refractivity contribution in [2.24, 2.45) is 0 Å². The van der Waals surface area contributed by atoms with Crippen LogP contribution in [0.25, 0.3) is 0 Å². The van der Waals surface area contributed by atoms with E-state index in [1.54, 1.807) is 0 Å². The first-order chi connectivity index (χ1) is 6.27. The molecule has 1 aromatic heterocycles. The number of pyridine rings is 1. The molecule has 0 unspecified atom stereocenters. The molecule has 78 valence electrons. The second kappa shape index (κ2) is 3.39. The molecule has 0 N–H and O–H groups in total. The van der Waals surface area contributed by atoms with E-state index in [0.29, 0.717) is 6.07 Å². The second-order valence-electron chi connectivity index (χ2n) is 2.26. The maximum absolute atomic E-state index is 12.0. The molecule has 1 heterocycles. The molecule has 3 nitrogen and oxygen atoms in total. The topological polar surface area (TPSA) is 47.0 Å². The van der Waals surface area contributed by atoms with E-state index < -0.39 is 25.3 Å². The Morgan fingerprint density at radius 3 is 2.36 bits per heavy atom. The van der Waals surface area contributed by atoms with Gasteiger partial charge in [0, 0.05) is 12.4 Å². The Morgan fingerprint density at radius 1 is 1.36 bits per heavy atom. The van der Waals surface area contributed by atoms with Crippen LogP contribution >= 0.6 is 11.6 Å². The third-order valence-corrected chi connectivity index (χ3v) is 3.29. The molecule has 14 heavy (non-hydrogen) atoms. The van der Waals surface area contributed by atoms with Gasteiger partial charge in [0.2, 0.25) is 0 Å². The van der Waals surface area contributed by atoms with Crippen molar-refractivity contribution in [3.8, 4) is 0 Å². The highest BCUT2D eigenvalue weighted by Gasteiger charge is 2.47. The highest BCUT2D eigenvalue weighted by atomic mass is 35.5. The molecule has 0 aliphatic rings. The van der Waals surface area contributed by atoms with Crippen molar-refractivity contribution >= 4 is 21.4 Å². The number of alkyl halides is 3. The quantitative estimate of drug-likeness (QED) is 0.761. The molecule has 0 radical (unpaired) electrons. The van der Waals surface area contributed by atoms with Gasteiger partial charge in [0.05, 0.1) is 9.92 Å². The predicted molar refractivity (Wildman–Crippen MR) is 42.5 cm³/mol. The Labute approximate surface area is 82.4 Å². The van der Waals surface area contributed by atoms with Gasteiger partial charge < -0.3 is 0 Å². The molecule has 0 aliphatic heterocycles. The standard InChI is InChI=1S/C6H3ClF3NO2S/c7-4-3-11-2-1-5(4)14(12,13)6(8,9)10/h1-3H. The lowest BCUT2D eigenvalue weighted by atomic mass is 10.5. The van der Waals surface area contributed by atoms with Gasteiger partial charge in [-0.1, -0.05) is 11.6 Å². The second-order valence-corrected chi connectivity index (χ2v) is 4.57. The minimum absolute atomic E-state index is 0.551. The zero-order chi connectivity index (χ0) is 11.0. The van der Waals surface area contributed by atoms with Gasteiger partial charge in [-0.2, -0.15) is 13.2 Å². The van der Waals surface area contributed by atoms with Crippen LogP contribution < -0.4 is 0 Å². The number of sulfone groups is 1. The van der Waals surface area contributed by atoms with Crippen molar-refractivity contribution in [2.45, 2.75) is 10.4 Å². The average molecular weight is 246 g/mol. The smallest absolute Gasteiger partial charge is 0.263 e. The van der Waals surface area contributed by atoms with Gasteiger partial charge in [-0.15, -0.1) is 0 Å². The summed E-state index contributed by atoms with van der Waals surface area (Å²) in [5.41, 5.74) is -5.35. The SMILES string of the molecule is O=S(=O)(c1ccncc1Cl)C(F)(F)F. The summed E-state index contributed by atoms with van der Waals surface area (Å²) in [7, 11) is -5.38. The molecule has 0 aromatic carbocycles. The Kier molecular flexibility index (Phi) is 2.73. The highest BCUT2D eigenvalue weighted by Crippen LogP contribution is 2.33. The van der Waals surface area contributed by atoms with Crippen LogP contribution in [0.3, 0.4) is 0 Å². The van der Waals surface area contributed by atoms with Crippen molar-refractivity contribution in [1.29, 1.82) is 0 Å². The molecule has 0 bridgehead atoms. The molecule has 0 spiro atoms. The number of aromatic nitrogens is 1. The monoisotopic (exact) mass is 245 g/mol. The maximum atomic E-state index is 12.0. The van der Waals surface area contributed by atoms with Crippen LogP contribution in [0.5, 0.6) is 0 Å². The van der Waals surface area contributed by atoms with Crippen LogP contribution in [-0.2, 0) is 9.84 Å². The van der Waals surface area contributed by atoms with E-state index in [-0.39, 0.29) is 0 Å². The molecule has 0 saturated heterocycles. The van der Waals surface area contributed by atoms with Crippen LogP contribution in [0.1, 0.15) is 0 Å². The normalized spacial score (nSPS) is 12.9. The van der Waals surface area contributed by atoms with Gasteiger partial charge in [0.25, 0.3) is 9.84 Å².